The van der Waals surface area contributed by atoms with E-state index in [9.17, 15) is 13.2 Å². The van der Waals surface area contributed by atoms with Crippen molar-refractivity contribution in [3.05, 3.63) is 94.0 Å². The van der Waals surface area contributed by atoms with E-state index in [0.29, 0.717) is 27.8 Å². The molecule has 168 valence electrons. The number of halogens is 2. The van der Waals surface area contributed by atoms with Gasteiger partial charge in [0.05, 0.1) is 20.6 Å². The summed E-state index contributed by atoms with van der Waals surface area (Å²) >= 11 is 13.6. The van der Waals surface area contributed by atoms with E-state index in [1.165, 1.54) is 11.4 Å². The first-order chi connectivity index (χ1) is 15.3. The van der Waals surface area contributed by atoms with Gasteiger partial charge in [0.1, 0.15) is 0 Å². The summed E-state index contributed by atoms with van der Waals surface area (Å²) in [5.74, 6) is 1.30. The normalized spacial score (nSPS) is 11.2. The fourth-order valence-electron chi connectivity index (χ4n) is 2.87. The summed E-state index contributed by atoms with van der Waals surface area (Å²) in [5, 5.41) is 3.93. The second kappa shape index (κ2) is 11.1. The van der Waals surface area contributed by atoms with Crippen molar-refractivity contribution in [3.63, 3.8) is 0 Å². The van der Waals surface area contributed by atoms with Crippen molar-refractivity contribution < 1.29 is 13.2 Å². The Hall–Kier alpha value is -2.19. The van der Waals surface area contributed by atoms with Gasteiger partial charge in [0.25, 0.3) is 15.9 Å². The molecule has 5 nitrogen and oxygen atoms in total. The van der Waals surface area contributed by atoms with Crippen LogP contribution >= 0.6 is 35.0 Å². The average molecular weight is 509 g/mol. The molecule has 0 saturated heterocycles. The number of hydrogen-bond donors (Lipinski definition) is 1. The SMILES string of the molecule is CN(c1ccc(C(=O)NCCSCc2ccc(Cl)c(Cl)c2)cc1)S(=O)(=O)c1ccccc1. The Morgan fingerprint density at radius 3 is 2.31 bits per heavy atom. The Morgan fingerprint density at radius 1 is 0.969 bits per heavy atom. The summed E-state index contributed by atoms with van der Waals surface area (Å²) in [6.07, 6.45) is 0. The zero-order chi connectivity index (χ0) is 23.1. The van der Waals surface area contributed by atoms with Crippen LogP contribution in [0.4, 0.5) is 5.69 Å². The molecule has 0 saturated carbocycles. The van der Waals surface area contributed by atoms with Gasteiger partial charge in [-0.15, -0.1) is 0 Å². The van der Waals surface area contributed by atoms with Gasteiger partial charge in [0.2, 0.25) is 0 Å². The van der Waals surface area contributed by atoms with Crippen LogP contribution in [0, 0.1) is 0 Å². The van der Waals surface area contributed by atoms with Gasteiger partial charge in [-0.2, -0.15) is 11.8 Å². The van der Waals surface area contributed by atoms with E-state index in [1.807, 2.05) is 12.1 Å². The fourth-order valence-corrected chi connectivity index (χ4v) is 5.21. The van der Waals surface area contributed by atoms with E-state index in [4.69, 9.17) is 23.2 Å². The Balaban J connectivity index is 1.50. The maximum absolute atomic E-state index is 12.7. The van der Waals surface area contributed by atoms with Crippen LogP contribution < -0.4 is 9.62 Å². The lowest BCUT2D eigenvalue weighted by atomic mass is 10.2. The fraction of sp³-hybridized carbons (Fsp3) is 0.174. The van der Waals surface area contributed by atoms with Gasteiger partial charge < -0.3 is 5.32 Å². The topological polar surface area (TPSA) is 66.5 Å². The molecule has 3 aromatic rings. The lowest BCUT2D eigenvalue weighted by Gasteiger charge is -2.19. The van der Waals surface area contributed by atoms with Gasteiger partial charge >= 0.3 is 0 Å². The monoisotopic (exact) mass is 508 g/mol. The molecular weight excluding hydrogens is 487 g/mol. The van der Waals surface area contributed by atoms with Crippen LogP contribution in [0.2, 0.25) is 10.0 Å². The van der Waals surface area contributed by atoms with Gasteiger partial charge in [0, 0.05) is 30.7 Å². The second-order valence-electron chi connectivity index (χ2n) is 6.89. The third-order valence-corrected chi connectivity index (χ3v) is 8.25. The van der Waals surface area contributed by atoms with Crippen LogP contribution in [0.5, 0.6) is 0 Å². The number of nitrogens with one attached hydrogen (secondary N) is 1. The van der Waals surface area contributed by atoms with E-state index >= 15 is 0 Å². The Kier molecular flexibility index (Phi) is 8.48. The first kappa shape index (κ1) is 24.5. The molecule has 0 fully saturated rings. The predicted octanol–water partition coefficient (Wildman–Crippen LogP) is 5.48. The molecule has 3 rings (SSSR count). The second-order valence-corrected chi connectivity index (χ2v) is 10.8. The molecule has 0 aliphatic carbocycles. The van der Waals surface area contributed by atoms with Crippen molar-refractivity contribution in [3.8, 4) is 0 Å². The van der Waals surface area contributed by atoms with Crippen LogP contribution in [0.3, 0.4) is 0 Å². The maximum Gasteiger partial charge on any atom is 0.264 e. The molecule has 3 aromatic carbocycles. The number of carbonyl (C=O) groups excluding carboxylic acids is 1. The molecule has 0 bridgehead atoms. The molecule has 0 spiro atoms. The summed E-state index contributed by atoms with van der Waals surface area (Å²) in [6, 6.07) is 20.2. The molecule has 1 N–H and O–H groups in total. The smallest absolute Gasteiger partial charge is 0.264 e. The Labute approximate surface area is 202 Å². The Bertz CT molecular complexity index is 1170. The number of sulfonamides is 1. The highest BCUT2D eigenvalue weighted by molar-refractivity contribution is 7.98. The van der Waals surface area contributed by atoms with E-state index in [2.05, 4.69) is 5.32 Å². The molecule has 9 heteroatoms. The summed E-state index contributed by atoms with van der Waals surface area (Å²) in [6.45, 7) is 0.509. The highest BCUT2D eigenvalue weighted by Gasteiger charge is 2.21. The minimum Gasteiger partial charge on any atom is -0.351 e. The minimum atomic E-state index is -3.66. The standard InChI is InChI=1S/C23H22Cl2N2O3S2/c1-27(32(29,30)20-5-3-2-4-6-20)19-10-8-18(9-11-19)23(28)26-13-14-31-16-17-7-12-21(24)22(25)15-17/h2-12,15H,13-14,16H2,1H3,(H,26,28). The third-order valence-electron chi connectivity index (χ3n) is 4.68. The van der Waals surface area contributed by atoms with Gasteiger partial charge in [-0.05, 0) is 54.1 Å². The van der Waals surface area contributed by atoms with Crippen molar-refractivity contribution in [1.29, 1.82) is 0 Å². The number of thioether (sulfide) groups is 1. The van der Waals surface area contributed by atoms with Gasteiger partial charge in [-0.25, -0.2) is 8.42 Å². The van der Waals surface area contributed by atoms with E-state index in [0.717, 1.165) is 17.1 Å². The van der Waals surface area contributed by atoms with Crippen molar-refractivity contribution in [2.45, 2.75) is 10.6 Å². The quantitative estimate of drug-likeness (QED) is 0.388. The number of amides is 1. The Morgan fingerprint density at radius 2 is 1.66 bits per heavy atom. The van der Waals surface area contributed by atoms with Crippen LogP contribution in [-0.2, 0) is 15.8 Å². The van der Waals surface area contributed by atoms with E-state index in [1.54, 1.807) is 72.4 Å². The summed E-state index contributed by atoms with van der Waals surface area (Å²) in [4.78, 5) is 12.6. The van der Waals surface area contributed by atoms with E-state index < -0.39 is 10.0 Å². The highest BCUT2D eigenvalue weighted by Crippen LogP contribution is 2.25. The minimum absolute atomic E-state index is 0.208. The summed E-state index contributed by atoms with van der Waals surface area (Å²) in [5.41, 5.74) is 2.01. The molecule has 0 aromatic heterocycles. The first-order valence-electron chi connectivity index (χ1n) is 9.73. The first-order valence-corrected chi connectivity index (χ1v) is 13.1. The zero-order valence-corrected chi connectivity index (χ0v) is 20.4. The molecule has 0 atom stereocenters. The lowest BCUT2D eigenvalue weighted by molar-refractivity contribution is 0.0956. The number of hydrogen-bond acceptors (Lipinski definition) is 4. The maximum atomic E-state index is 12.7. The van der Waals surface area contributed by atoms with Gasteiger partial charge in [-0.1, -0.05) is 47.5 Å². The third kappa shape index (κ3) is 6.19. The summed E-state index contributed by atoms with van der Waals surface area (Å²) in [7, 11) is -2.17. The predicted molar refractivity (Wildman–Crippen MR) is 133 cm³/mol. The van der Waals surface area contributed by atoms with Crippen LogP contribution in [0.15, 0.2) is 77.7 Å². The van der Waals surface area contributed by atoms with Crippen LogP contribution in [0.25, 0.3) is 0 Å². The molecule has 0 unspecified atom stereocenters. The number of anilines is 1. The molecular formula is C23H22Cl2N2O3S2. The number of rotatable bonds is 9. The van der Waals surface area contributed by atoms with Crippen LogP contribution in [-0.4, -0.2) is 33.7 Å². The largest absolute Gasteiger partial charge is 0.351 e. The lowest BCUT2D eigenvalue weighted by Crippen LogP contribution is -2.27. The molecule has 0 aliphatic rings. The number of nitrogens with zero attached hydrogens (tertiary/aromatic N) is 1. The van der Waals surface area contributed by atoms with Crippen molar-refractivity contribution in [2.75, 3.05) is 23.7 Å². The van der Waals surface area contributed by atoms with Gasteiger partial charge in [0.15, 0.2) is 0 Å². The van der Waals surface area contributed by atoms with Gasteiger partial charge in [-0.3, -0.25) is 9.10 Å². The summed E-state index contributed by atoms with van der Waals surface area (Å²) < 4.78 is 26.6. The highest BCUT2D eigenvalue weighted by atomic mass is 35.5. The zero-order valence-electron chi connectivity index (χ0n) is 17.3. The number of benzene rings is 3. The molecule has 0 radical (unpaired) electrons. The van der Waals surface area contributed by atoms with Crippen molar-refractivity contribution in [2.24, 2.45) is 0 Å². The molecule has 32 heavy (non-hydrogen) atoms. The number of carbonyl (C=O) groups is 1. The molecule has 0 aliphatic heterocycles. The molecule has 0 heterocycles. The van der Waals surface area contributed by atoms with Crippen molar-refractivity contribution in [1.82, 2.24) is 5.32 Å². The molecule has 1 amide bonds. The average Bonchev–Trinajstić information content (AvgIpc) is 2.81. The van der Waals surface area contributed by atoms with Crippen molar-refractivity contribution >= 4 is 56.6 Å². The van der Waals surface area contributed by atoms with Crippen LogP contribution in [0.1, 0.15) is 15.9 Å². The van der Waals surface area contributed by atoms with E-state index in [-0.39, 0.29) is 10.8 Å².